The highest BCUT2D eigenvalue weighted by atomic mass is 32.3. The van der Waals surface area contributed by atoms with E-state index >= 15 is 0 Å². The van der Waals surface area contributed by atoms with Gasteiger partial charge < -0.3 is 48.5 Å². The smallest absolute Gasteiger partial charge is 0.350 e. The maximum atomic E-state index is 13.0. The Labute approximate surface area is 500 Å². The normalized spacial score (nSPS) is 30.1. The SMILES string of the molecule is CC(=O)NC1C(OC2OCC(OSOOO)CC2OS(=O)(=O)O)CCOC1OC1COC(OC2C(OSOOO)COC(OC(COS(=O)(=O)O)C(OSOOO)C(COS(=O)(=O)O)OS(=O)(=O)O)C2NC(C)=O)C(OS(=O)(=O)O)C1OSOOO. The summed E-state index contributed by atoms with van der Waals surface area (Å²) in [7, 11) is -28.1. The van der Waals surface area contributed by atoms with E-state index in [-0.39, 0.29) is 50.0 Å². The average Bonchev–Trinajstić information content (AvgIpc) is 3.59. The highest BCUT2D eigenvalue weighted by Gasteiger charge is 2.54. The van der Waals surface area contributed by atoms with E-state index in [0.29, 0.717) is 0 Å². The zero-order chi connectivity index (χ0) is 64.0. The molecule has 0 aromatic rings. The highest BCUT2D eigenvalue weighted by molar-refractivity contribution is 7.90. The van der Waals surface area contributed by atoms with Crippen molar-refractivity contribution in [3.05, 3.63) is 0 Å². The van der Waals surface area contributed by atoms with Crippen molar-refractivity contribution < 1.29 is 209 Å². The summed E-state index contributed by atoms with van der Waals surface area (Å²) in [5.41, 5.74) is 0. The molecule has 4 rings (SSSR count). The van der Waals surface area contributed by atoms with Crippen molar-refractivity contribution in [2.45, 2.75) is 131 Å². The summed E-state index contributed by atoms with van der Waals surface area (Å²) in [6.45, 7) is -4.33. The van der Waals surface area contributed by atoms with E-state index in [1.165, 1.54) is 0 Å². The Morgan fingerprint density at radius 2 is 1.03 bits per heavy atom. The van der Waals surface area contributed by atoms with E-state index in [1.54, 1.807) is 0 Å². The van der Waals surface area contributed by atoms with Gasteiger partial charge in [-0.1, -0.05) is 20.2 Å². The topological polar surface area (TPSA) is 642 Å². The number of rotatable bonds is 40. The second-order valence-electron chi connectivity index (χ2n) is 16.3. The first-order valence-electron chi connectivity index (χ1n) is 22.3. The first-order valence-corrected chi connectivity index (χ1v) is 31.8. The molecule has 11 N–H and O–H groups in total. The maximum Gasteiger partial charge on any atom is 0.397 e. The number of hydrogen-bond acceptors (Lipinski definition) is 45. The molecule has 0 bridgehead atoms. The first-order chi connectivity index (χ1) is 40.2. The van der Waals surface area contributed by atoms with E-state index in [0.717, 1.165) is 13.8 Å². The van der Waals surface area contributed by atoms with Crippen LogP contribution in [0, 0.1) is 0 Å². The molecule has 4 aliphatic heterocycles. The van der Waals surface area contributed by atoms with Crippen molar-refractivity contribution in [3.63, 3.8) is 0 Å². The number of hydrogen-bond donors (Lipinski definition) is 11. The monoisotopic (exact) mass is 1450 g/mol. The quantitative estimate of drug-likeness (QED) is 0.00929. The van der Waals surface area contributed by atoms with Crippen LogP contribution in [0.5, 0.6) is 0 Å². The standard InChI is InChI=1S/C29H50N2O46S9/c1-11(32)30-20-14(59-26-15(67-84(44,45)46)5-13(6-54-26)63-78-74-70-34)3-4-53-27(20)60-16-7-56-29(25(69-86(50,51)52)24(16)66-81-77-73-37)62-23-18(64-79-75-71-35)8-55-28(21(23)31-12(2)33)61-17(9-57-82(38,39)40)22(65-80-76-72-36)19(68-85(47,48)49)10-58-83(41,42)43/h13-29,34-37H,3-10H2,1-2H3,(H,30,32)(H,31,33)(H,38,39,40)(H,41,42,43)(H,44,45,46)(H,47,48,49)(H,50,51,52). The summed E-state index contributed by atoms with van der Waals surface area (Å²) >= 11 is -0.967. The van der Waals surface area contributed by atoms with Gasteiger partial charge in [0.05, 0.1) is 45.7 Å². The zero-order valence-electron chi connectivity index (χ0n) is 42.3. The van der Waals surface area contributed by atoms with Crippen LogP contribution in [-0.4, -0.2) is 242 Å². The minimum atomic E-state index is -5.83. The summed E-state index contributed by atoms with van der Waals surface area (Å²) in [5.74, 6) is -1.92. The van der Waals surface area contributed by atoms with Crippen molar-refractivity contribution in [2.75, 3.05) is 39.6 Å². The van der Waals surface area contributed by atoms with Crippen molar-refractivity contribution in [1.29, 1.82) is 0 Å². The van der Waals surface area contributed by atoms with Crippen LogP contribution in [0.1, 0.15) is 26.7 Å². The number of carbonyl (C=O) groups is 2. The van der Waals surface area contributed by atoms with Crippen molar-refractivity contribution in [3.8, 4) is 0 Å². The molecule has 86 heavy (non-hydrogen) atoms. The minimum absolute atomic E-state index is 0.0849. The Morgan fingerprint density at radius 1 is 0.512 bits per heavy atom. The molecule has 4 saturated heterocycles. The van der Waals surface area contributed by atoms with Gasteiger partial charge in [0.2, 0.25) is 11.8 Å². The molecule has 17 atom stereocenters. The molecule has 4 heterocycles. The molecule has 0 saturated carbocycles. The molecule has 2 amide bonds. The lowest BCUT2D eigenvalue weighted by atomic mass is 10.00. The van der Waals surface area contributed by atoms with E-state index in [2.05, 4.69) is 60.7 Å². The van der Waals surface area contributed by atoms with Crippen LogP contribution in [0.25, 0.3) is 0 Å². The van der Waals surface area contributed by atoms with Crippen LogP contribution in [0.4, 0.5) is 0 Å². The van der Waals surface area contributed by atoms with Gasteiger partial charge in [-0.05, 0) is 6.42 Å². The van der Waals surface area contributed by atoms with Gasteiger partial charge >= 0.3 is 52.0 Å². The average molecular weight is 1450 g/mol. The molecule has 4 aliphatic rings. The summed E-state index contributed by atoms with van der Waals surface area (Å²) in [5, 5.41) is 53.5. The second-order valence-corrected chi connectivity index (χ2v) is 23.5. The molecule has 0 aromatic carbocycles. The molecule has 0 spiro atoms. The summed E-state index contributed by atoms with van der Waals surface area (Å²) in [6, 6.07) is -3.65. The molecule has 0 radical (unpaired) electrons. The summed E-state index contributed by atoms with van der Waals surface area (Å²) in [4.78, 5) is 25.7. The van der Waals surface area contributed by atoms with Crippen LogP contribution in [0.15, 0.2) is 0 Å². The van der Waals surface area contributed by atoms with E-state index < -0.39 is 220 Å². The molecule has 4 fully saturated rings. The molecule has 17 unspecified atom stereocenters. The van der Waals surface area contributed by atoms with Crippen LogP contribution in [0.2, 0.25) is 0 Å². The van der Waals surface area contributed by atoms with Gasteiger partial charge in [-0.25, -0.2) is 41.9 Å². The van der Waals surface area contributed by atoms with Crippen LogP contribution >= 0.6 is 49.3 Å². The fourth-order valence-electron chi connectivity index (χ4n) is 7.68. The maximum absolute atomic E-state index is 13.0. The molecular formula is C29H50N2O46S9. The lowest BCUT2D eigenvalue weighted by molar-refractivity contribution is -0.435. The lowest BCUT2D eigenvalue weighted by Gasteiger charge is -2.47. The zero-order valence-corrected chi connectivity index (χ0v) is 49.6. The predicted molar refractivity (Wildman–Crippen MR) is 256 cm³/mol. The van der Waals surface area contributed by atoms with Crippen molar-refractivity contribution in [1.82, 2.24) is 10.6 Å². The van der Waals surface area contributed by atoms with Crippen LogP contribution in [0.3, 0.4) is 0 Å². The Balaban J connectivity index is 1.79. The Bertz CT molecular complexity index is 2630. The number of ether oxygens (including phenoxy) is 8. The fraction of sp³-hybridized carbons (Fsp3) is 0.931. The van der Waals surface area contributed by atoms with Gasteiger partial charge in [0.25, 0.3) is 0 Å². The summed E-state index contributed by atoms with van der Waals surface area (Å²) in [6.07, 6.45) is -31.4. The Hall–Kier alpha value is -1.27. The third-order valence-corrected chi connectivity index (χ3v) is 14.6. The van der Waals surface area contributed by atoms with Gasteiger partial charge in [0, 0.05) is 20.3 Å². The van der Waals surface area contributed by atoms with Gasteiger partial charge in [0.1, 0.15) is 67.0 Å². The van der Waals surface area contributed by atoms with Crippen molar-refractivity contribution in [2.24, 2.45) is 0 Å². The molecule has 48 nitrogen and oxygen atoms in total. The fourth-order valence-corrected chi connectivity index (χ4v) is 11.1. The third kappa shape index (κ3) is 28.7. The van der Waals surface area contributed by atoms with Crippen LogP contribution in [-0.2, 0) is 175 Å². The van der Waals surface area contributed by atoms with Gasteiger partial charge in [-0.2, -0.15) is 42.1 Å². The predicted octanol–water partition coefficient (Wildman–Crippen LogP) is -3.58. The molecule has 506 valence electrons. The van der Waals surface area contributed by atoms with Gasteiger partial charge in [-0.15, -0.1) is 17.3 Å². The van der Waals surface area contributed by atoms with Crippen LogP contribution < -0.4 is 10.6 Å². The van der Waals surface area contributed by atoms with E-state index in [9.17, 15) is 74.4 Å². The van der Waals surface area contributed by atoms with Crippen molar-refractivity contribution >= 4 is 113 Å². The van der Waals surface area contributed by atoms with Gasteiger partial charge in [-0.3, -0.25) is 49.1 Å². The highest BCUT2D eigenvalue weighted by Crippen LogP contribution is 2.37. The molecule has 0 aliphatic carbocycles. The summed E-state index contributed by atoms with van der Waals surface area (Å²) < 4.78 is 276. The van der Waals surface area contributed by atoms with E-state index in [1.807, 2.05) is 0 Å². The second kappa shape index (κ2) is 36.8. The number of amides is 2. The minimum Gasteiger partial charge on any atom is -0.350 e. The Morgan fingerprint density at radius 3 is 1.60 bits per heavy atom. The Kier molecular flexibility index (Phi) is 33.1. The van der Waals surface area contributed by atoms with Gasteiger partial charge in [0.15, 0.2) is 80.6 Å². The first kappa shape index (κ1) is 77.2. The third-order valence-electron chi connectivity index (χ3n) is 10.5. The molecule has 0 aromatic heterocycles. The molecular weight excluding hydrogens is 1400 g/mol. The van der Waals surface area contributed by atoms with E-state index in [4.69, 9.17) is 84.0 Å². The lowest BCUT2D eigenvalue weighted by Crippen LogP contribution is -2.66. The number of nitrogens with one attached hydrogen (secondary N) is 2. The largest absolute Gasteiger partial charge is 0.397 e. The number of carbonyl (C=O) groups excluding carboxylic acids is 2. The molecule has 57 heteroatoms.